The van der Waals surface area contributed by atoms with Crippen LogP contribution < -0.4 is 10.2 Å². The third-order valence-corrected chi connectivity index (χ3v) is 6.88. The van der Waals surface area contributed by atoms with Gasteiger partial charge in [-0.2, -0.15) is 0 Å². The van der Waals surface area contributed by atoms with Crippen molar-refractivity contribution in [1.29, 1.82) is 0 Å². The molecule has 0 aliphatic carbocycles. The van der Waals surface area contributed by atoms with Crippen molar-refractivity contribution < 1.29 is 9.21 Å². The molecule has 0 bridgehead atoms. The van der Waals surface area contributed by atoms with Gasteiger partial charge in [-0.05, 0) is 56.0 Å². The first-order valence-corrected chi connectivity index (χ1v) is 12.3. The van der Waals surface area contributed by atoms with Crippen LogP contribution in [-0.4, -0.2) is 55.1 Å². The molecule has 2 heterocycles. The molecule has 3 aromatic rings. The van der Waals surface area contributed by atoms with Crippen molar-refractivity contribution in [2.75, 3.05) is 44.2 Å². The highest BCUT2D eigenvalue weighted by Gasteiger charge is 2.22. The lowest BCUT2D eigenvalue weighted by molar-refractivity contribution is 0.0922. The molecular weight excluding hydrogens is 424 g/mol. The predicted octanol–water partition coefficient (Wildman–Crippen LogP) is 4.58. The van der Waals surface area contributed by atoms with Crippen molar-refractivity contribution in [2.45, 2.75) is 39.5 Å². The minimum Gasteiger partial charge on any atom is -0.438 e. The third kappa shape index (κ3) is 5.86. The molecule has 4 rings (SSSR count). The van der Waals surface area contributed by atoms with Gasteiger partial charge in [0.05, 0.1) is 5.69 Å². The van der Waals surface area contributed by atoms with Gasteiger partial charge in [-0.3, -0.25) is 9.69 Å². The smallest absolute Gasteiger partial charge is 0.289 e. The average Bonchev–Trinajstić information content (AvgIpc) is 3.35. The predicted molar refractivity (Wildman–Crippen MR) is 137 cm³/mol. The number of amides is 1. The fourth-order valence-corrected chi connectivity index (χ4v) is 4.72. The summed E-state index contributed by atoms with van der Waals surface area (Å²) in [5, 5.41) is 3.02. The molecule has 6 heteroatoms. The summed E-state index contributed by atoms with van der Waals surface area (Å²) in [6.45, 7) is 12.2. The molecule has 1 amide bonds. The second-order valence-corrected chi connectivity index (χ2v) is 9.31. The highest BCUT2D eigenvalue weighted by molar-refractivity contribution is 5.92. The van der Waals surface area contributed by atoms with Gasteiger partial charge < -0.3 is 14.6 Å². The number of rotatable bonds is 9. The molecule has 1 aliphatic rings. The van der Waals surface area contributed by atoms with Crippen LogP contribution in [-0.2, 0) is 6.42 Å². The summed E-state index contributed by atoms with van der Waals surface area (Å²) >= 11 is 0. The quantitative estimate of drug-likeness (QED) is 0.474. The number of hydrogen-bond donors (Lipinski definition) is 1. The normalized spacial score (nSPS) is 15.3. The van der Waals surface area contributed by atoms with Crippen molar-refractivity contribution in [2.24, 2.45) is 0 Å². The molecule has 6 nitrogen and oxygen atoms in total. The molecule has 34 heavy (non-hydrogen) atoms. The van der Waals surface area contributed by atoms with Crippen molar-refractivity contribution >= 4 is 11.6 Å². The Kier molecular flexibility index (Phi) is 8.01. The average molecular weight is 461 g/mol. The Bertz CT molecular complexity index is 1070. The molecule has 1 atom stereocenters. The molecule has 0 saturated carbocycles. The van der Waals surface area contributed by atoms with E-state index >= 15 is 0 Å². The number of oxazole rings is 1. The van der Waals surface area contributed by atoms with Crippen LogP contribution in [0.1, 0.15) is 52.2 Å². The molecule has 1 aliphatic heterocycles. The van der Waals surface area contributed by atoms with Crippen LogP contribution in [0.3, 0.4) is 0 Å². The second kappa shape index (κ2) is 11.3. The Balaban J connectivity index is 1.20. The zero-order valence-electron chi connectivity index (χ0n) is 20.6. The Morgan fingerprint density at radius 3 is 2.59 bits per heavy atom. The summed E-state index contributed by atoms with van der Waals surface area (Å²) < 4.78 is 5.47. The highest BCUT2D eigenvalue weighted by atomic mass is 16.3. The van der Waals surface area contributed by atoms with E-state index in [1.165, 1.54) is 28.8 Å². The lowest BCUT2D eigenvalue weighted by atomic mass is 9.97. The Morgan fingerprint density at radius 2 is 1.82 bits per heavy atom. The summed E-state index contributed by atoms with van der Waals surface area (Å²) in [6, 6.07) is 16.8. The minimum absolute atomic E-state index is 0.107. The van der Waals surface area contributed by atoms with Gasteiger partial charge in [0, 0.05) is 44.3 Å². The molecule has 0 radical (unpaired) electrons. The number of anilines is 1. The lowest BCUT2D eigenvalue weighted by Crippen LogP contribution is -2.47. The van der Waals surface area contributed by atoms with Crippen molar-refractivity contribution in [3.05, 3.63) is 83.1 Å². The van der Waals surface area contributed by atoms with E-state index in [0.29, 0.717) is 12.3 Å². The van der Waals surface area contributed by atoms with Crippen LogP contribution in [0.4, 0.5) is 5.69 Å². The van der Waals surface area contributed by atoms with E-state index in [9.17, 15) is 4.79 Å². The van der Waals surface area contributed by atoms with Gasteiger partial charge in [0.2, 0.25) is 5.76 Å². The van der Waals surface area contributed by atoms with Crippen molar-refractivity contribution in [1.82, 2.24) is 15.2 Å². The molecule has 2 aromatic carbocycles. The fourth-order valence-electron chi connectivity index (χ4n) is 4.72. The van der Waals surface area contributed by atoms with Crippen molar-refractivity contribution in [3.8, 4) is 0 Å². The van der Waals surface area contributed by atoms with Gasteiger partial charge in [0.25, 0.3) is 5.91 Å². The number of benzene rings is 2. The number of aryl methyl sites for hydroxylation is 1. The summed E-state index contributed by atoms with van der Waals surface area (Å²) in [5.41, 5.74) is 6.03. The van der Waals surface area contributed by atoms with Crippen LogP contribution in [0.25, 0.3) is 0 Å². The van der Waals surface area contributed by atoms with Gasteiger partial charge in [0.1, 0.15) is 0 Å². The zero-order valence-corrected chi connectivity index (χ0v) is 20.6. The van der Waals surface area contributed by atoms with Crippen LogP contribution in [0, 0.1) is 13.8 Å². The maximum atomic E-state index is 12.7. The lowest BCUT2D eigenvalue weighted by Gasteiger charge is -2.37. The standard InChI is InChI=1S/C28H36N4O2/c1-21-9-7-12-25(23(21)3)32-17-15-31(16-18-32)14-8-13-29-28(33)27-26(30-20-34-27)22(2)19-24-10-5-4-6-11-24/h4-7,9-12,20,22H,8,13-19H2,1-3H3,(H,29,33). The summed E-state index contributed by atoms with van der Waals surface area (Å²) in [5.74, 6) is 0.271. The first-order chi connectivity index (χ1) is 16.5. The van der Waals surface area contributed by atoms with E-state index in [2.05, 4.69) is 71.2 Å². The van der Waals surface area contributed by atoms with E-state index in [-0.39, 0.29) is 11.8 Å². The number of hydrogen-bond acceptors (Lipinski definition) is 5. The van der Waals surface area contributed by atoms with E-state index in [1.807, 2.05) is 18.2 Å². The number of aromatic nitrogens is 1. The van der Waals surface area contributed by atoms with Gasteiger partial charge in [-0.1, -0.05) is 49.4 Å². The molecule has 1 aromatic heterocycles. The molecule has 0 spiro atoms. The molecule has 1 unspecified atom stereocenters. The number of carbonyl (C=O) groups excluding carboxylic acids is 1. The number of piperazine rings is 1. The minimum atomic E-state index is -0.174. The van der Waals surface area contributed by atoms with Crippen molar-refractivity contribution in [3.63, 3.8) is 0 Å². The van der Waals surface area contributed by atoms with Crippen LogP contribution >= 0.6 is 0 Å². The maximum absolute atomic E-state index is 12.7. The van der Waals surface area contributed by atoms with Crippen LogP contribution in [0.5, 0.6) is 0 Å². The monoisotopic (exact) mass is 460 g/mol. The van der Waals surface area contributed by atoms with E-state index < -0.39 is 0 Å². The highest BCUT2D eigenvalue weighted by Crippen LogP contribution is 2.24. The first kappa shape index (κ1) is 24.0. The Hall–Kier alpha value is -3.12. The van der Waals surface area contributed by atoms with Gasteiger partial charge in [-0.15, -0.1) is 0 Å². The number of nitrogens with one attached hydrogen (secondary N) is 1. The summed E-state index contributed by atoms with van der Waals surface area (Å²) in [6.07, 6.45) is 3.11. The molecule has 180 valence electrons. The zero-order chi connectivity index (χ0) is 23.9. The third-order valence-electron chi connectivity index (χ3n) is 6.88. The molecular formula is C28H36N4O2. The Labute approximate surface area is 203 Å². The van der Waals surface area contributed by atoms with Crippen LogP contribution in [0.15, 0.2) is 59.3 Å². The fraction of sp³-hybridized carbons (Fsp3) is 0.429. The number of carbonyl (C=O) groups is 1. The summed E-state index contributed by atoms with van der Waals surface area (Å²) in [7, 11) is 0. The molecule has 1 saturated heterocycles. The summed E-state index contributed by atoms with van der Waals surface area (Å²) in [4.78, 5) is 22.0. The molecule has 1 N–H and O–H groups in total. The topological polar surface area (TPSA) is 61.6 Å². The van der Waals surface area contributed by atoms with Gasteiger partial charge >= 0.3 is 0 Å². The maximum Gasteiger partial charge on any atom is 0.289 e. The largest absolute Gasteiger partial charge is 0.438 e. The first-order valence-electron chi connectivity index (χ1n) is 12.3. The second-order valence-electron chi connectivity index (χ2n) is 9.31. The van der Waals surface area contributed by atoms with E-state index in [4.69, 9.17) is 4.42 Å². The van der Waals surface area contributed by atoms with Crippen LogP contribution in [0.2, 0.25) is 0 Å². The van der Waals surface area contributed by atoms with Gasteiger partial charge in [0.15, 0.2) is 6.39 Å². The van der Waals surface area contributed by atoms with E-state index in [1.54, 1.807) is 0 Å². The van der Waals surface area contributed by atoms with E-state index in [0.717, 1.165) is 51.3 Å². The van der Waals surface area contributed by atoms with Gasteiger partial charge in [-0.25, -0.2) is 4.98 Å². The molecule has 1 fully saturated rings. The number of nitrogens with zero attached hydrogens (tertiary/aromatic N) is 3. The SMILES string of the molecule is Cc1cccc(N2CCN(CCCNC(=O)c3ocnc3C(C)Cc3ccccc3)CC2)c1C. The Morgan fingerprint density at radius 1 is 1.06 bits per heavy atom.